The van der Waals surface area contributed by atoms with Gasteiger partial charge in [-0.05, 0) is 72.9 Å². The molecule has 0 unspecified atom stereocenters. The molecule has 0 bridgehead atoms. The van der Waals surface area contributed by atoms with Gasteiger partial charge in [-0.25, -0.2) is 19.3 Å². The lowest BCUT2D eigenvalue weighted by atomic mass is 9.89. The van der Waals surface area contributed by atoms with Crippen molar-refractivity contribution in [2.75, 3.05) is 18.0 Å². The summed E-state index contributed by atoms with van der Waals surface area (Å²) in [5.74, 6) is 1.69. The van der Waals surface area contributed by atoms with E-state index in [-0.39, 0.29) is 5.82 Å². The largest absolute Gasteiger partial charge is 0.355 e. The predicted octanol–water partition coefficient (Wildman–Crippen LogP) is 7.31. The fourth-order valence-electron chi connectivity index (χ4n) is 4.93. The molecular weight excluding hydrogens is 496 g/mol. The minimum Gasteiger partial charge on any atom is -0.355 e. The molecule has 180 valence electrons. The van der Waals surface area contributed by atoms with E-state index in [2.05, 4.69) is 14.9 Å². The Hall–Kier alpha value is -3.48. The van der Waals surface area contributed by atoms with Gasteiger partial charge in [-0.15, -0.1) is 0 Å². The van der Waals surface area contributed by atoms with Crippen molar-refractivity contribution in [1.29, 1.82) is 0 Å². The molecule has 3 aromatic carbocycles. The maximum atomic E-state index is 13.4. The second-order valence-corrected chi connectivity index (χ2v) is 9.75. The Morgan fingerprint density at radius 1 is 0.833 bits per heavy atom. The lowest BCUT2D eigenvalue weighted by Gasteiger charge is -2.33. The minimum atomic E-state index is -0.204. The Labute approximate surface area is 218 Å². The Morgan fingerprint density at radius 3 is 2.28 bits per heavy atom. The van der Waals surface area contributed by atoms with Crippen molar-refractivity contribution in [2.45, 2.75) is 18.8 Å². The molecule has 1 saturated heterocycles. The number of aromatic nitrogens is 4. The normalized spacial score (nSPS) is 14.5. The number of halogens is 3. The number of fused-ring (bicyclic) bond motifs is 1. The summed E-state index contributed by atoms with van der Waals surface area (Å²) in [5, 5.41) is 1.26. The summed E-state index contributed by atoms with van der Waals surface area (Å²) in [6.45, 7) is 1.65. The third-order valence-electron chi connectivity index (χ3n) is 6.76. The topological polar surface area (TPSA) is 46.8 Å². The molecule has 0 atom stereocenters. The van der Waals surface area contributed by atoms with E-state index in [1.165, 1.54) is 17.7 Å². The fourth-order valence-corrected chi connectivity index (χ4v) is 5.28. The van der Waals surface area contributed by atoms with Gasteiger partial charge in [-0.2, -0.15) is 0 Å². The number of nitrogens with zero attached hydrogens (tertiary/aromatic N) is 5. The highest BCUT2D eigenvalue weighted by Gasteiger charge is 2.26. The van der Waals surface area contributed by atoms with Gasteiger partial charge in [-0.1, -0.05) is 47.5 Å². The SMILES string of the molecule is Fc1ccc(C2CCN(c3ncnc4c3nc(-c3ccccc3Cl)n4-c3ccc(Cl)cc3)CC2)cc1. The number of rotatable bonds is 4. The third-order valence-corrected chi connectivity index (χ3v) is 7.34. The number of hydrogen-bond acceptors (Lipinski definition) is 4. The molecule has 6 rings (SSSR count). The van der Waals surface area contributed by atoms with Gasteiger partial charge in [0, 0.05) is 29.4 Å². The first kappa shape index (κ1) is 23.0. The van der Waals surface area contributed by atoms with Crippen LogP contribution in [-0.2, 0) is 0 Å². The highest BCUT2D eigenvalue weighted by molar-refractivity contribution is 6.33. The summed E-state index contributed by atoms with van der Waals surface area (Å²) >= 11 is 12.8. The van der Waals surface area contributed by atoms with Gasteiger partial charge in [0.15, 0.2) is 17.0 Å². The molecular formula is C28H22Cl2FN5. The first-order valence-electron chi connectivity index (χ1n) is 11.8. The van der Waals surface area contributed by atoms with Crippen LogP contribution < -0.4 is 4.90 Å². The quantitative estimate of drug-likeness (QED) is 0.250. The summed E-state index contributed by atoms with van der Waals surface area (Å²) in [5.41, 5.74) is 4.31. The molecule has 0 saturated carbocycles. The van der Waals surface area contributed by atoms with E-state index < -0.39 is 0 Å². The summed E-state index contributed by atoms with van der Waals surface area (Å²) in [4.78, 5) is 16.6. The minimum absolute atomic E-state index is 0.204. The number of hydrogen-bond donors (Lipinski definition) is 0. The first-order chi connectivity index (χ1) is 17.6. The Kier molecular flexibility index (Phi) is 6.07. The summed E-state index contributed by atoms with van der Waals surface area (Å²) in [6.07, 6.45) is 3.49. The monoisotopic (exact) mass is 517 g/mol. The molecule has 1 aliphatic rings. The second-order valence-electron chi connectivity index (χ2n) is 8.91. The number of imidazole rings is 1. The van der Waals surface area contributed by atoms with E-state index in [1.54, 1.807) is 6.33 Å². The highest BCUT2D eigenvalue weighted by atomic mass is 35.5. The summed E-state index contributed by atoms with van der Waals surface area (Å²) < 4.78 is 15.4. The maximum absolute atomic E-state index is 13.4. The van der Waals surface area contributed by atoms with Crippen molar-refractivity contribution in [1.82, 2.24) is 19.5 Å². The standard InChI is InChI=1S/C28H22Cl2FN5/c29-20-7-11-22(12-8-20)36-26(23-3-1-2-4-24(23)30)34-25-27(32-17-33-28(25)36)35-15-13-19(14-16-35)18-5-9-21(31)10-6-18/h1-12,17,19H,13-16H2. The van der Waals surface area contributed by atoms with E-state index in [0.717, 1.165) is 48.5 Å². The van der Waals surface area contributed by atoms with Crippen molar-refractivity contribution in [3.05, 3.63) is 101 Å². The average molecular weight is 518 g/mol. The van der Waals surface area contributed by atoms with Gasteiger partial charge in [-0.3, -0.25) is 4.57 Å². The maximum Gasteiger partial charge on any atom is 0.170 e. The van der Waals surface area contributed by atoms with Crippen LogP contribution in [0, 0.1) is 5.82 Å². The number of benzene rings is 3. The van der Waals surface area contributed by atoms with Crippen LogP contribution in [0.15, 0.2) is 79.1 Å². The molecule has 0 N–H and O–H groups in total. The van der Waals surface area contributed by atoms with Crippen LogP contribution in [0.1, 0.15) is 24.3 Å². The Bertz CT molecular complexity index is 1520. The Morgan fingerprint density at radius 2 is 1.56 bits per heavy atom. The number of anilines is 1. The molecule has 3 heterocycles. The van der Waals surface area contributed by atoms with E-state index in [4.69, 9.17) is 28.2 Å². The zero-order valence-corrected chi connectivity index (χ0v) is 20.8. The van der Waals surface area contributed by atoms with E-state index in [9.17, 15) is 4.39 Å². The molecule has 0 spiro atoms. The van der Waals surface area contributed by atoms with Crippen LogP contribution in [0.2, 0.25) is 10.0 Å². The van der Waals surface area contributed by atoms with Crippen LogP contribution in [0.25, 0.3) is 28.2 Å². The molecule has 0 radical (unpaired) electrons. The molecule has 5 aromatic rings. The smallest absolute Gasteiger partial charge is 0.170 e. The first-order valence-corrected chi connectivity index (χ1v) is 12.6. The molecule has 8 heteroatoms. The summed E-state index contributed by atoms with van der Waals surface area (Å²) in [6, 6.07) is 22.1. The molecule has 0 amide bonds. The van der Waals surface area contributed by atoms with Crippen LogP contribution in [0.4, 0.5) is 10.2 Å². The van der Waals surface area contributed by atoms with E-state index >= 15 is 0 Å². The van der Waals surface area contributed by atoms with Gasteiger partial charge >= 0.3 is 0 Å². The summed E-state index contributed by atoms with van der Waals surface area (Å²) in [7, 11) is 0. The van der Waals surface area contributed by atoms with Crippen LogP contribution in [-0.4, -0.2) is 32.6 Å². The fraction of sp³-hybridized carbons (Fsp3) is 0.179. The van der Waals surface area contributed by atoms with Crippen LogP contribution in [0.5, 0.6) is 0 Å². The number of piperidine rings is 1. The molecule has 1 aliphatic heterocycles. The Balaban J connectivity index is 1.42. The zero-order valence-electron chi connectivity index (χ0n) is 19.3. The van der Waals surface area contributed by atoms with Crippen molar-refractivity contribution in [3.63, 3.8) is 0 Å². The lowest BCUT2D eigenvalue weighted by Crippen LogP contribution is -2.33. The molecule has 2 aromatic heterocycles. The van der Waals surface area contributed by atoms with Gasteiger partial charge in [0.1, 0.15) is 18.0 Å². The molecule has 1 fully saturated rings. The molecule has 36 heavy (non-hydrogen) atoms. The average Bonchev–Trinajstić information content (AvgIpc) is 3.29. The lowest BCUT2D eigenvalue weighted by molar-refractivity contribution is 0.502. The predicted molar refractivity (Wildman–Crippen MR) is 143 cm³/mol. The zero-order chi connectivity index (χ0) is 24.6. The van der Waals surface area contributed by atoms with Gasteiger partial charge in [0.2, 0.25) is 0 Å². The molecule has 5 nitrogen and oxygen atoms in total. The van der Waals surface area contributed by atoms with E-state index in [1.807, 2.05) is 65.2 Å². The second kappa shape index (κ2) is 9.52. The van der Waals surface area contributed by atoms with Crippen molar-refractivity contribution in [2.24, 2.45) is 0 Å². The third kappa shape index (κ3) is 4.21. The molecule has 0 aliphatic carbocycles. The van der Waals surface area contributed by atoms with Crippen molar-refractivity contribution in [3.8, 4) is 17.1 Å². The van der Waals surface area contributed by atoms with Gasteiger partial charge < -0.3 is 4.90 Å². The van der Waals surface area contributed by atoms with Gasteiger partial charge in [0.05, 0.1) is 5.02 Å². The van der Waals surface area contributed by atoms with Crippen LogP contribution >= 0.6 is 23.2 Å². The van der Waals surface area contributed by atoms with E-state index in [0.29, 0.717) is 27.4 Å². The van der Waals surface area contributed by atoms with Gasteiger partial charge in [0.25, 0.3) is 0 Å². The van der Waals surface area contributed by atoms with Crippen LogP contribution in [0.3, 0.4) is 0 Å². The van der Waals surface area contributed by atoms with Crippen molar-refractivity contribution >= 4 is 40.2 Å². The van der Waals surface area contributed by atoms with Crippen molar-refractivity contribution < 1.29 is 4.39 Å². The highest BCUT2D eigenvalue weighted by Crippen LogP contribution is 2.36.